The third kappa shape index (κ3) is 5.60. The SMILES string of the molecule is c1ccc(-c2ccc(N(c3ccc(-c4ccccc4)cc3)c3ccc(-c4ccccc4-c4cccc5oc6ccccc6c45)c4oc5ccccc5c34)cc2)cc1. The van der Waals surface area contributed by atoms with E-state index in [9.17, 15) is 0 Å². The molecule has 11 aromatic rings. The molecule has 0 saturated heterocycles. The van der Waals surface area contributed by atoms with Gasteiger partial charge in [0.05, 0.1) is 11.1 Å². The highest BCUT2D eigenvalue weighted by Gasteiger charge is 2.24. The Hall–Kier alpha value is -7.62. The lowest BCUT2D eigenvalue weighted by Crippen LogP contribution is -2.10. The predicted molar refractivity (Wildman–Crippen MR) is 237 cm³/mol. The molecule has 0 aliphatic heterocycles. The summed E-state index contributed by atoms with van der Waals surface area (Å²) in [5.41, 5.74) is 15.7. The molecule has 0 spiro atoms. The summed E-state index contributed by atoms with van der Waals surface area (Å²) in [6, 6.07) is 75.0. The summed E-state index contributed by atoms with van der Waals surface area (Å²) in [4.78, 5) is 2.36. The van der Waals surface area contributed by atoms with Gasteiger partial charge < -0.3 is 13.7 Å². The van der Waals surface area contributed by atoms with Gasteiger partial charge in [0.2, 0.25) is 0 Å². The molecule has 0 aliphatic carbocycles. The van der Waals surface area contributed by atoms with Crippen molar-refractivity contribution in [1.82, 2.24) is 0 Å². The number of para-hydroxylation sites is 2. The number of hydrogen-bond donors (Lipinski definition) is 0. The Morgan fingerprint density at radius 1 is 0.281 bits per heavy atom. The molecule has 0 unspecified atom stereocenters. The lowest BCUT2D eigenvalue weighted by Gasteiger charge is -2.27. The van der Waals surface area contributed by atoms with E-state index >= 15 is 0 Å². The largest absolute Gasteiger partial charge is 0.456 e. The zero-order chi connectivity index (χ0) is 37.7. The molecule has 2 heterocycles. The third-order valence-electron chi connectivity index (χ3n) is 11.1. The van der Waals surface area contributed by atoms with Crippen LogP contribution in [0.5, 0.6) is 0 Å². The first kappa shape index (κ1) is 32.8. The Labute approximate surface area is 330 Å². The van der Waals surface area contributed by atoms with E-state index in [1.165, 1.54) is 22.3 Å². The molecule has 11 rings (SSSR count). The van der Waals surface area contributed by atoms with Crippen LogP contribution < -0.4 is 4.90 Å². The van der Waals surface area contributed by atoms with Gasteiger partial charge in [-0.15, -0.1) is 0 Å². The highest BCUT2D eigenvalue weighted by molar-refractivity contribution is 6.19. The molecule has 0 bridgehead atoms. The molecule has 0 saturated carbocycles. The van der Waals surface area contributed by atoms with Gasteiger partial charge >= 0.3 is 0 Å². The number of furan rings is 2. The van der Waals surface area contributed by atoms with Crippen LogP contribution in [0.2, 0.25) is 0 Å². The second-order valence-corrected chi connectivity index (χ2v) is 14.4. The lowest BCUT2D eigenvalue weighted by molar-refractivity contribution is 0.669. The summed E-state index contributed by atoms with van der Waals surface area (Å²) >= 11 is 0. The number of hydrogen-bond acceptors (Lipinski definition) is 3. The van der Waals surface area contributed by atoms with Crippen LogP contribution in [-0.2, 0) is 0 Å². The Morgan fingerprint density at radius 3 is 1.35 bits per heavy atom. The van der Waals surface area contributed by atoms with Crippen LogP contribution in [0, 0.1) is 0 Å². The van der Waals surface area contributed by atoms with Gasteiger partial charge in [-0.3, -0.25) is 0 Å². The Balaban J connectivity index is 1.13. The van der Waals surface area contributed by atoms with Crippen LogP contribution in [0.25, 0.3) is 88.4 Å². The molecular weight excluding hydrogens is 695 g/mol. The van der Waals surface area contributed by atoms with Gasteiger partial charge in [0.15, 0.2) is 0 Å². The van der Waals surface area contributed by atoms with E-state index in [4.69, 9.17) is 8.83 Å². The smallest absolute Gasteiger partial charge is 0.145 e. The van der Waals surface area contributed by atoms with Gasteiger partial charge in [0.25, 0.3) is 0 Å². The van der Waals surface area contributed by atoms with E-state index in [1.807, 2.05) is 18.2 Å². The molecule has 0 aliphatic rings. The van der Waals surface area contributed by atoms with Crippen molar-refractivity contribution in [2.24, 2.45) is 0 Å². The molecule has 0 N–H and O–H groups in total. The van der Waals surface area contributed by atoms with Crippen molar-refractivity contribution >= 4 is 60.9 Å². The predicted octanol–water partition coefficient (Wildman–Crippen LogP) is 15.6. The minimum Gasteiger partial charge on any atom is -0.456 e. The monoisotopic (exact) mass is 729 g/mol. The Morgan fingerprint density at radius 2 is 0.737 bits per heavy atom. The highest BCUT2D eigenvalue weighted by Crippen LogP contribution is 2.48. The van der Waals surface area contributed by atoms with Crippen molar-refractivity contribution in [2.75, 3.05) is 4.90 Å². The van der Waals surface area contributed by atoms with Crippen LogP contribution in [0.15, 0.2) is 221 Å². The van der Waals surface area contributed by atoms with Gasteiger partial charge in [-0.05, 0) is 93.5 Å². The fourth-order valence-electron chi connectivity index (χ4n) is 8.46. The van der Waals surface area contributed by atoms with Crippen molar-refractivity contribution < 1.29 is 8.83 Å². The minimum absolute atomic E-state index is 0.845. The van der Waals surface area contributed by atoms with Gasteiger partial charge in [-0.25, -0.2) is 0 Å². The summed E-state index contributed by atoms with van der Waals surface area (Å²) in [7, 11) is 0. The van der Waals surface area contributed by atoms with E-state index in [0.29, 0.717) is 0 Å². The highest BCUT2D eigenvalue weighted by atomic mass is 16.3. The molecule has 268 valence electrons. The fraction of sp³-hybridized carbons (Fsp3) is 0. The maximum absolute atomic E-state index is 6.94. The summed E-state index contributed by atoms with van der Waals surface area (Å²) in [6.45, 7) is 0. The molecule has 3 nitrogen and oxygen atoms in total. The summed E-state index contributed by atoms with van der Waals surface area (Å²) in [6.07, 6.45) is 0. The number of nitrogens with zero attached hydrogens (tertiary/aromatic N) is 1. The van der Waals surface area contributed by atoms with E-state index < -0.39 is 0 Å². The topological polar surface area (TPSA) is 29.5 Å². The molecule has 0 atom stereocenters. The second-order valence-electron chi connectivity index (χ2n) is 14.4. The van der Waals surface area contributed by atoms with Gasteiger partial charge in [0.1, 0.15) is 22.3 Å². The second kappa shape index (κ2) is 13.6. The van der Waals surface area contributed by atoms with E-state index in [1.54, 1.807) is 0 Å². The molecule has 2 aromatic heterocycles. The quantitative estimate of drug-likeness (QED) is 0.164. The first-order valence-corrected chi connectivity index (χ1v) is 19.3. The molecule has 3 heteroatoms. The number of fused-ring (bicyclic) bond motifs is 6. The number of benzene rings is 9. The van der Waals surface area contributed by atoms with E-state index in [2.05, 4.69) is 199 Å². The zero-order valence-corrected chi connectivity index (χ0v) is 31.0. The maximum atomic E-state index is 6.94. The van der Waals surface area contributed by atoms with Gasteiger partial charge in [0, 0.05) is 33.1 Å². The zero-order valence-electron chi connectivity index (χ0n) is 31.0. The number of rotatable bonds is 7. The molecule has 0 radical (unpaired) electrons. The van der Waals surface area contributed by atoms with Crippen molar-refractivity contribution in [2.45, 2.75) is 0 Å². The van der Waals surface area contributed by atoms with Crippen molar-refractivity contribution in [3.8, 4) is 44.5 Å². The molecule has 9 aromatic carbocycles. The Kier molecular flexibility index (Phi) is 7.82. The third-order valence-corrected chi connectivity index (χ3v) is 11.1. The van der Waals surface area contributed by atoms with E-state index in [-0.39, 0.29) is 0 Å². The van der Waals surface area contributed by atoms with Crippen LogP contribution in [0.1, 0.15) is 0 Å². The van der Waals surface area contributed by atoms with Crippen molar-refractivity contribution in [1.29, 1.82) is 0 Å². The van der Waals surface area contributed by atoms with Gasteiger partial charge in [-0.2, -0.15) is 0 Å². The summed E-state index contributed by atoms with van der Waals surface area (Å²) < 4.78 is 13.3. The van der Waals surface area contributed by atoms with Gasteiger partial charge in [-0.1, -0.05) is 158 Å². The van der Waals surface area contributed by atoms with Crippen LogP contribution >= 0.6 is 0 Å². The lowest BCUT2D eigenvalue weighted by atomic mass is 9.90. The molecule has 0 amide bonds. The van der Waals surface area contributed by atoms with Crippen molar-refractivity contribution in [3.05, 3.63) is 212 Å². The average molecular weight is 730 g/mol. The molecule has 57 heavy (non-hydrogen) atoms. The minimum atomic E-state index is 0.845. The fourth-order valence-corrected chi connectivity index (χ4v) is 8.46. The van der Waals surface area contributed by atoms with Crippen molar-refractivity contribution in [3.63, 3.8) is 0 Å². The van der Waals surface area contributed by atoms with Crippen LogP contribution in [0.3, 0.4) is 0 Å². The van der Waals surface area contributed by atoms with Crippen LogP contribution in [0.4, 0.5) is 17.1 Å². The van der Waals surface area contributed by atoms with Crippen LogP contribution in [-0.4, -0.2) is 0 Å². The Bertz CT molecular complexity index is 3130. The van der Waals surface area contributed by atoms with E-state index in [0.717, 1.165) is 83.2 Å². The first-order valence-electron chi connectivity index (χ1n) is 19.3. The summed E-state index contributed by atoms with van der Waals surface area (Å²) in [5.74, 6) is 0. The first-order chi connectivity index (χ1) is 28.3. The molecular formula is C54H35NO2. The normalized spacial score (nSPS) is 11.5. The summed E-state index contributed by atoms with van der Waals surface area (Å²) in [5, 5.41) is 4.34. The maximum Gasteiger partial charge on any atom is 0.145 e. The number of anilines is 3. The standard InChI is InChI=1S/C54H35NO2/c1-3-14-36(15-4-1)38-26-30-40(31-27-38)55(41-32-28-39(29-33-41)37-16-5-2-6-17-37)48-35-34-45(54-53(48)47-21-10-12-24-50(47)57-54)43-19-8-7-18-42(43)44-22-13-25-51-52(44)46-20-9-11-23-49(46)56-51/h1-35H. The average Bonchev–Trinajstić information content (AvgIpc) is 3.87. The molecule has 0 fully saturated rings.